The molecule has 0 aliphatic carbocycles. The molecule has 222 valence electrons. The molecule has 2 aliphatic heterocycles. The van der Waals surface area contributed by atoms with Gasteiger partial charge in [-0.1, -0.05) is 45.0 Å². The highest BCUT2D eigenvalue weighted by molar-refractivity contribution is 7.85. The highest BCUT2D eigenvalue weighted by Crippen LogP contribution is 2.47. The molecule has 2 heterocycles. The summed E-state index contributed by atoms with van der Waals surface area (Å²) >= 11 is 0. The number of unbranched alkanes of at least 4 members (excludes halogenated alkanes) is 2. The Morgan fingerprint density at radius 3 is 2.51 bits per heavy atom. The molecule has 0 bridgehead atoms. The summed E-state index contributed by atoms with van der Waals surface area (Å²) in [5.41, 5.74) is 7.38. The predicted octanol–water partition coefficient (Wildman–Crippen LogP) is 3.97. The van der Waals surface area contributed by atoms with Crippen LogP contribution in [-0.4, -0.2) is 38.0 Å². The lowest BCUT2D eigenvalue weighted by Gasteiger charge is -2.28. The molecule has 0 radical (unpaired) electrons. The summed E-state index contributed by atoms with van der Waals surface area (Å²) < 4.78 is 35.6. The van der Waals surface area contributed by atoms with Crippen LogP contribution >= 0.6 is 0 Å². The molecular weight excluding hydrogens is 536 g/mol. The zero-order valence-corrected chi connectivity index (χ0v) is 25.7. The van der Waals surface area contributed by atoms with Crippen molar-refractivity contribution >= 4 is 27.4 Å². The van der Waals surface area contributed by atoms with Crippen molar-refractivity contribution in [2.75, 3.05) is 18.0 Å². The van der Waals surface area contributed by atoms with E-state index >= 15 is 0 Å². The van der Waals surface area contributed by atoms with E-state index in [-0.39, 0.29) is 22.3 Å². The molecule has 2 atom stereocenters. The molecule has 0 saturated heterocycles. The molecule has 1 amide bonds. The van der Waals surface area contributed by atoms with Gasteiger partial charge >= 0.3 is 0 Å². The van der Waals surface area contributed by atoms with Crippen molar-refractivity contribution in [3.8, 4) is 0 Å². The molecule has 2 aromatic carbocycles. The summed E-state index contributed by atoms with van der Waals surface area (Å²) in [5.74, 6) is 5.04. The standard InChI is InChI=1S/C32H44N4O4S/c1-6-20-35-26-14-10-9-13-24(26)31(2,3)28(35)15-12-16-29-32(4,5)25-22-23(41(38,39)40)18-19-27(25)36(29)21-11-7-8-17-30(37)34-33/h9-10,12-16,18-19,22,29H,6-8,11,17,20-21,33H2,1-5H3,(H,34,37)(H,38,39,40)/b16-12+,28-15+. The maximum absolute atomic E-state index is 11.9. The Labute approximate surface area is 245 Å². The quantitative estimate of drug-likeness (QED) is 0.122. The Kier molecular flexibility index (Phi) is 9.13. The first-order chi connectivity index (χ1) is 19.3. The molecule has 0 fully saturated rings. The Bertz CT molecular complexity index is 1450. The normalized spacial score (nSPS) is 21.8. The summed E-state index contributed by atoms with van der Waals surface area (Å²) in [4.78, 5) is 15.0. The number of nitrogens with two attached hydrogens (primary N) is 1. The van der Waals surface area contributed by atoms with Crippen molar-refractivity contribution in [3.05, 3.63) is 77.5 Å². The van der Waals surface area contributed by atoms with Gasteiger partial charge in [-0.3, -0.25) is 15.1 Å². The van der Waals surface area contributed by atoms with Crippen LogP contribution in [0.2, 0.25) is 0 Å². The van der Waals surface area contributed by atoms with Gasteiger partial charge in [0, 0.05) is 41.4 Å². The zero-order chi connectivity index (χ0) is 30.0. The fourth-order valence-corrected chi connectivity index (χ4v) is 7.12. The molecule has 8 nitrogen and oxygen atoms in total. The van der Waals surface area contributed by atoms with Crippen LogP contribution < -0.4 is 21.1 Å². The van der Waals surface area contributed by atoms with Gasteiger partial charge in [-0.25, -0.2) is 14.3 Å². The topological polar surface area (TPSA) is 120 Å². The van der Waals surface area contributed by atoms with E-state index in [0.717, 1.165) is 50.0 Å². The molecule has 2 unspecified atom stereocenters. The van der Waals surface area contributed by atoms with E-state index in [1.54, 1.807) is 12.1 Å². The number of rotatable bonds is 11. The number of fused-ring (bicyclic) bond motifs is 2. The largest absolute Gasteiger partial charge is 0.744 e. The van der Waals surface area contributed by atoms with Crippen molar-refractivity contribution in [1.29, 1.82) is 0 Å². The molecule has 0 spiro atoms. The number of benzene rings is 2. The van der Waals surface area contributed by atoms with Gasteiger partial charge in [0.2, 0.25) is 5.91 Å². The second kappa shape index (κ2) is 12.1. The lowest BCUT2D eigenvalue weighted by Crippen LogP contribution is -3.10. The number of hydrazine groups is 1. The third-order valence-corrected chi connectivity index (χ3v) is 9.62. The molecular formula is C32H44N4O4S. The van der Waals surface area contributed by atoms with Crippen molar-refractivity contribution in [2.24, 2.45) is 5.84 Å². The highest BCUT2D eigenvalue weighted by Gasteiger charge is 2.48. The summed E-state index contributed by atoms with van der Waals surface area (Å²) in [6.07, 6.45) is 10.6. The second-order valence-electron chi connectivity index (χ2n) is 12.2. The Morgan fingerprint density at radius 1 is 1.10 bits per heavy atom. The van der Waals surface area contributed by atoms with E-state index in [4.69, 9.17) is 5.84 Å². The first kappa shape index (κ1) is 31.0. The fraction of sp³-hybridized carbons (Fsp3) is 0.469. The molecule has 9 heteroatoms. The lowest BCUT2D eigenvalue weighted by molar-refractivity contribution is -0.850. The van der Waals surface area contributed by atoms with E-state index in [0.29, 0.717) is 6.42 Å². The maximum Gasteiger partial charge on any atom is 0.233 e. The minimum absolute atomic E-state index is 0.0258. The summed E-state index contributed by atoms with van der Waals surface area (Å²) in [6, 6.07) is 13.4. The van der Waals surface area contributed by atoms with Crippen LogP contribution in [-0.2, 0) is 25.7 Å². The van der Waals surface area contributed by atoms with E-state index < -0.39 is 15.5 Å². The smallest absolute Gasteiger partial charge is 0.233 e. The van der Waals surface area contributed by atoms with Gasteiger partial charge in [-0.2, -0.15) is 0 Å². The molecule has 0 saturated carbocycles. The maximum atomic E-state index is 11.9. The molecule has 2 aliphatic rings. The number of carbonyl (C=O) groups excluding carboxylic acids is 1. The van der Waals surface area contributed by atoms with Crippen molar-refractivity contribution < 1.29 is 22.7 Å². The van der Waals surface area contributed by atoms with Crippen LogP contribution in [0.1, 0.15) is 77.8 Å². The molecule has 0 aromatic heterocycles. The number of amides is 1. The Morgan fingerprint density at radius 2 is 1.83 bits per heavy atom. The number of anilines is 1. The third kappa shape index (κ3) is 6.14. The van der Waals surface area contributed by atoms with E-state index in [2.05, 4.69) is 87.4 Å². The number of allylic oxidation sites excluding steroid dienone is 3. The average Bonchev–Trinajstić information content (AvgIpc) is 3.27. The van der Waals surface area contributed by atoms with E-state index in [1.165, 1.54) is 27.9 Å². The fourth-order valence-electron chi connectivity index (χ4n) is 6.62. The van der Waals surface area contributed by atoms with Crippen LogP contribution in [0, 0.1) is 0 Å². The van der Waals surface area contributed by atoms with Crippen molar-refractivity contribution in [1.82, 2.24) is 5.43 Å². The minimum atomic E-state index is -4.56. The second-order valence-corrected chi connectivity index (χ2v) is 13.6. The van der Waals surface area contributed by atoms with Gasteiger partial charge in [-0.05, 0) is 75.4 Å². The number of hydrogen-bond acceptors (Lipinski definition) is 6. The summed E-state index contributed by atoms with van der Waals surface area (Å²) in [6.45, 7) is 12.7. The van der Waals surface area contributed by atoms with E-state index in [1.807, 2.05) is 0 Å². The SMILES string of the molecule is CCCN1/C(=C/C=C/C2[NH+](CCCCCC(=O)NN)c3ccc(S(=O)(=O)[O-])cc3C2(C)C)C(C)(C)c2ccccc21. The minimum Gasteiger partial charge on any atom is -0.744 e. The van der Waals surface area contributed by atoms with Crippen LogP contribution in [0.15, 0.2) is 71.3 Å². The van der Waals surface area contributed by atoms with Crippen LogP contribution in [0.4, 0.5) is 11.4 Å². The molecule has 4 N–H and O–H groups in total. The number of quaternary nitrogens is 1. The third-order valence-electron chi connectivity index (χ3n) is 8.79. The molecule has 41 heavy (non-hydrogen) atoms. The molecule has 2 aromatic rings. The van der Waals surface area contributed by atoms with Gasteiger partial charge in [-0.15, -0.1) is 0 Å². The summed E-state index contributed by atoms with van der Waals surface area (Å²) in [7, 11) is -4.56. The van der Waals surface area contributed by atoms with Gasteiger partial charge in [0.1, 0.15) is 21.8 Å². The first-order valence-corrected chi connectivity index (χ1v) is 16.0. The zero-order valence-electron chi connectivity index (χ0n) is 24.9. The van der Waals surface area contributed by atoms with Gasteiger partial charge in [0.25, 0.3) is 0 Å². The number of nitrogens with zero attached hydrogens (tertiary/aromatic N) is 1. The van der Waals surface area contributed by atoms with Crippen LogP contribution in [0.3, 0.4) is 0 Å². The Balaban J connectivity index is 1.66. The number of carbonyl (C=O) groups is 1. The monoisotopic (exact) mass is 580 g/mol. The Hall–Kier alpha value is -2.98. The van der Waals surface area contributed by atoms with Gasteiger partial charge in [0.05, 0.1) is 16.9 Å². The number of para-hydroxylation sites is 1. The first-order valence-electron chi connectivity index (χ1n) is 14.6. The van der Waals surface area contributed by atoms with Crippen LogP contribution in [0.5, 0.6) is 0 Å². The summed E-state index contributed by atoms with van der Waals surface area (Å²) in [5, 5.41) is 0. The van der Waals surface area contributed by atoms with Gasteiger partial charge < -0.3 is 9.45 Å². The van der Waals surface area contributed by atoms with Crippen LogP contribution in [0.25, 0.3) is 0 Å². The lowest BCUT2D eigenvalue weighted by atomic mass is 9.80. The number of hydrogen-bond donors (Lipinski definition) is 3. The average molecular weight is 581 g/mol. The van der Waals surface area contributed by atoms with E-state index in [9.17, 15) is 17.8 Å². The van der Waals surface area contributed by atoms with Crippen molar-refractivity contribution in [3.63, 3.8) is 0 Å². The molecule has 4 rings (SSSR count). The van der Waals surface area contributed by atoms with Crippen molar-refractivity contribution in [2.45, 2.75) is 88.5 Å². The predicted molar refractivity (Wildman–Crippen MR) is 162 cm³/mol. The number of nitrogens with one attached hydrogen (secondary N) is 2. The van der Waals surface area contributed by atoms with Gasteiger partial charge in [0.15, 0.2) is 0 Å². The highest BCUT2D eigenvalue weighted by atomic mass is 32.2.